The van der Waals surface area contributed by atoms with E-state index in [1.165, 1.54) is 0 Å². The first-order valence-corrected chi connectivity index (χ1v) is 10.1. The minimum atomic E-state index is -0.0592. The second kappa shape index (κ2) is 8.43. The van der Waals surface area contributed by atoms with Gasteiger partial charge in [-0.15, -0.1) is 0 Å². The van der Waals surface area contributed by atoms with Gasteiger partial charge in [0.2, 0.25) is 5.91 Å². The summed E-state index contributed by atoms with van der Waals surface area (Å²) in [6.07, 6.45) is 2.79. The van der Waals surface area contributed by atoms with E-state index in [9.17, 15) is 9.59 Å². The molecule has 5 nitrogen and oxygen atoms in total. The van der Waals surface area contributed by atoms with Crippen molar-refractivity contribution in [2.75, 3.05) is 13.1 Å². The highest BCUT2D eigenvalue weighted by Gasteiger charge is 2.31. The fourth-order valence-electron chi connectivity index (χ4n) is 3.92. The van der Waals surface area contributed by atoms with E-state index in [4.69, 9.17) is 0 Å². The zero-order valence-corrected chi connectivity index (χ0v) is 16.6. The molecule has 0 bridgehead atoms. The Morgan fingerprint density at radius 3 is 2.66 bits per heavy atom. The number of aromatic nitrogens is 1. The highest BCUT2D eigenvalue weighted by atomic mass is 16.2. The van der Waals surface area contributed by atoms with Crippen LogP contribution in [0.5, 0.6) is 0 Å². The van der Waals surface area contributed by atoms with Crippen LogP contribution in [0.4, 0.5) is 0 Å². The molecule has 2 heterocycles. The minimum Gasteiger partial charge on any atom is -0.336 e. The molecule has 1 saturated heterocycles. The van der Waals surface area contributed by atoms with Gasteiger partial charge in [-0.25, -0.2) is 0 Å². The number of pyridine rings is 1. The molecule has 2 aromatic carbocycles. The smallest absolute Gasteiger partial charge is 0.255 e. The van der Waals surface area contributed by atoms with Crippen molar-refractivity contribution >= 4 is 22.7 Å². The zero-order valence-electron chi connectivity index (χ0n) is 16.6. The summed E-state index contributed by atoms with van der Waals surface area (Å²) in [6, 6.07) is 19.7. The van der Waals surface area contributed by atoms with E-state index in [0.29, 0.717) is 31.6 Å². The number of para-hydroxylation sites is 1. The SMILES string of the molecule is CC[C@@H]1CN(C(=O)c2cnc3ccccc3c2)CCC(=O)N1Cc1ccccc1. The van der Waals surface area contributed by atoms with Gasteiger partial charge < -0.3 is 9.80 Å². The molecule has 1 aliphatic heterocycles. The standard InChI is InChI=1S/C24H25N3O2/c1-2-21-17-26(13-12-23(28)27(21)16-18-8-4-3-5-9-18)24(29)20-14-19-10-6-7-11-22(19)25-15-20/h3-11,14-15,21H,2,12-13,16-17H2,1H3/t21-/m1/s1. The molecule has 0 radical (unpaired) electrons. The minimum absolute atomic E-state index is 0.00238. The molecular weight excluding hydrogens is 362 g/mol. The first-order chi connectivity index (χ1) is 14.2. The fourth-order valence-corrected chi connectivity index (χ4v) is 3.92. The summed E-state index contributed by atoms with van der Waals surface area (Å²) in [5.74, 6) is 0.0451. The summed E-state index contributed by atoms with van der Waals surface area (Å²) >= 11 is 0. The normalized spacial score (nSPS) is 17.4. The fraction of sp³-hybridized carbons (Fsp3) is 0.292. The molecule has 4 rings (SSSR count). The van der Waals surface area contributed by atoms with Crippen molar-refractivity contribution in [2.45, 2.75) is 32.4 Å². The van der Waals surface area contributed by atoms with E-state index in [0.717, 1.165) is 22.9 Å². The third kappa shape index (κ3) is 4.14. The molecule has 1 aromatic heterocycles. The predicted octanol–water partition coefficient (Wildman–Crippen LogP) is 3.89. The third-order valence-electron chi connectivity index (χ3n) is 5.58. The van der Waals surface area contributed by atoms with Gasteiger partial charge in [0.05, 0.1) is 11.1 Å². The van der Waals surface area contributed by atoms with E-state index < -0.39 is 0 Å². The lowest BCUT2D eigenvalue weighted by Gasteiger charge is -2.31. The Labute approximate surface area is 171 Å². The average Bonchev–Trinajstić information content (AvgIpc) is 2.92. The van der Waals surface area contributed by atoms with Crippen molar-refractivity contribution in [3.63, 3.8) is 0 Å². The topological polar surface area (TPSA) is 53.5 Å². The van der Waals surface area contributed by atoms with Crippen molar-refractivity contribution < 1.29 is 9.59 Å². The van der Waals surface area contributed by atoms with E-state index in [1.807, 2.05) is 70.5 Å². The molecule has 0 unspecified atom stereocenters. The van der Waals surface area contributed by atoms with Crippen molar-refractivity contribution in [1.82, 2.24) is 14.8 Å². The lowest BCUT2D eigenvalue weighted by molar-refractivity contribution is -0.133. The number of rotatable bonds is 4. The van der Waals surface area contributed by atoms with Crippen LogP contribution in [0.2, 0.25) is 0 Å². The van der Waals surface area contributed by atoms with Crippen LogP contribution in [0.3, 0.4) is 0 Å². The van der Waals surface area contributed by atoms with Crippen molar-refractivity contribution in [3.8, 4) is 0 Å². The van der Waals surface area contributed by atoms with Crippen LogP contribution in [0.1, 0.15) is 35.7 Å². The van der Waals surface area contributed by atoms with Crippen LogP contribution in [-0.4, -0.2) is 45.7 Å². The van der Waals surface area contributed by atoms with E-state index in [2.05, 4.69) is 11.9 Å². The summed E-state index contributed by atoms with van der Waals surface area (Å²) in [5, 5.41) is 0.946. The van der Waals surface area contributed by atoms with Gasteiger partial charge in [-0.05, 0) is 24.1 Å². The van der Waals surface area contributed by atoms with Gasteiger partial charge in [0.25, 0.3) is 5.91 Å². The molecular formula is C24H25N3O2. The lowest BCUT2D eigenvalue weighted by Crippen LogP contribution is -2.43. The van der Waals surface area contributed by atoms with E-state index in [1.54, 1.807) is 6.20 Å². The summed E-state index contributed by atoms with van der Waals surface area (Å²) in [7, 11) is 0. The number of amides is 2. The van der Waals surface area contributed by atoms with Gasteiger partial charge in [0.15, 0.2) is 0 Å². The molecule has 1 fully saturated rings. The maximum Gasteiger partial charge on any atom is 0.255 e. The summed E-state index contributed by atoms with van der Waals surface area (Å²) in [6.45, 7) is 3.63. The van der Waals surface area contributed by atoms with E-state index >= 15 is 0 Å². The predicted molar refractivity (Wildman–Crippen MR) is 113 cm³/mol. The molecule has 5 heteroatoms. The first-order valence-electron chi connectivity index (χ1n) is 10.1. The molecule has 0 N–H and O–H groups in total. The third-order valence-corrected chi connectivity index (χ3v) is 5.58. The number of fused-ring (bicyclic) bond motifs is 1. The van der Waals surface area contributed by atoms with Crippen molar-refractivity contribution in [1.29, 1.82) is 0 Å². The quantitative estimate of drug-likeness (QED) is 0.682. The van der Waals surface area contributed by atoms with Gasteiger partial charge in [-0.2, -0.15) is 0 Å². The van der Waals surface area contributed by atoms with Gasteiger partial charge >= 0.3 is 0 Å². The molecule has 3 aromatic rings. The van der Waals surface area contributed by atoms with Gasteiger partial charge in [0, 0.05) is 43.7 Å². The Kier molecular flexibility index (Phi) is 5.56. The van der Waals surface area contributed by atoms with E-state index in [-0.39, 0.29) is 17.9 Å². The zero-order chi connectivity index (χ0) is 20.2. The number of carbonyl (C=O) groups excluding carboxylic acids is 2. The molecule has 29 heavy (non-hydrogen) atoms. The molecule has 0 spiro atoms. The molecule has 148 valence electrons. The Balaban J connectivity index is 1.55. The van der Waals surface area contributed by atoms with Gasteiger partial charge in [0.1, 0.15) is 0 Å². The van der Waals surface area contributed by atoms with Gasteiger partial charge in [-0.3, -0.25) is 14.6 Å². The number of nitrogens with zero attached hydrogens (tertiary/aromatic N) is 3. The monoisotopic (exact) mass is 387 g/mol. The van der Waals surface area contributed by atoms with Crippen molar-refractivity contribution in [3.05, 3.63) is 78.0 Å². The maximum absolute atomic E-state index is 13.2. The summed E-state index contributed by atoms with van der Waals surface area (Å²) in [4.78, 5) is 34.2. The Morgan fingerprint density at radius 2 is 1.86 bits per heavy atom. The number of hydrogen-bond acceptors (Lipinski definition) is 3. The van der Waals surface area contributed by atoms with Gasteiger partial charge in [-0.1, -0.05) is 55.5 Å². The van der Waals surface area contributed by atoms with Crippen LogP contribution in [0.15, 0.2) is 66.9 Å². The highest BCUT2D eigenvalue weighted by molar-refractivity contribution is 5.97. The number of hydrogen-bond donors (Lipinski definition) is 0. The molecule has 2 amide bonds. The largest absolute Gasteiger partial charge is 0.336 e. The van der Waals surface area contributed by atoms with Crippen LogP contribution in [0.25, 0.3) is 10.9 Å². The second-order valence-electron chi connectivity index (χ2n) is 7.49. The Hall–Kier alpha value is -3.21. The molecule has 1 aliphatic rings. The first kappa shape index (κ1) is 19.1. The van der Waals surface area contributed by atoms with Crippen LogP contribution in [0, 0.1) is 0 Å². The van der Waals surface area contributed by atoms with Crippen LogP contribution in [-0.2, 0) is 11.3 Å². The van der Waals surface area contributed by atoms with Crippen molar-refractivity contribution in [2.24, 2.45) is 0 Å². The van der Waals surface area contributed by atoms with Crippen LogP contribution >= 0.6 is 0 Å². The maximum atomic E-state index is 13.2. The number of benzene rings is 2. The highest BCUT2D eigenvalue weighted by Crippen LogP contribution is 2.20. The Morgan fingerprint density at radius 1 is 1.10 bits per heavy atom. The molecule has 0 saturated carbocycles. The second-order valence-corrected chi connectivity index (χ2v) is 7.49. The number of carbonyl (C=O) groups is 2. The molecule has 1 atom stereocenters. The lowest BCUT2D eigenvalue weighted by atomic mass is 10.1. The average molecular weight is 387 g/mol. The molecule has 0 aliphatic carbocycles. The summed E-state index contributed by atoms with van der Waals surface area (Å²) < 4.78 is 0. The Bertz CT molecular complexity index is 1020. The summed E-state index contributed by atoms with van der Waals surface area (Å²) in [5.41, 5.74) is 2.55. The van der Waals surface area contributed by atoms with Crippen LogP contribution < -0.4 is 0 Å².